The highest BCUT2D eigenvalue weighted by Crippen LogP contribution is 2.21. The second kappa shape index (κ2) is 5.53. The van der Waals surface area contributed by atoms with Crippen LogP contribution in [0.25, 0.3) is 0 Å². The quantitative estimate of drug-likeness (QED) is 0.816. The zero-order valence-corrected chi connectivity index (χ0v) is 9.91. The van der Waals surface area contributed by atoms with Crippen molar-refractivity contribution in [3.05, 3.63) is 30.3 Å². The largest absolute Gasteiger partial charge is 0.506 e. The van der Waals surface area contributed by atoms with Gasteiger partial charge in [-0.25, -0.2) is 4.79 Å². The summed E-state index contributed by atoms with van der Waals surface area (Å²) in [7, 11) is 0. The molecule has 0 saturated carbocycles. The van der Waals surface area contributed by atoms with E-state index in [2.05, 4.69) is 4.74 Å². The molecule has 1 unspecified atom stereocenters. The molecule has 1 aromatic rings. The number of carboxylic acid groups (broad SMARTS) is 1. The van der Waals surface area contributed by atoms with Gasteiger partial charge in [0.1, 0.15) is 0 Å². The third-order valence-corrected chi connectivity index (χ3v) is 2.95. The zero-order valence-electron chi connectivity index (χ0n) is 9.91. The van der Waals surface area contributed by atoms with Crippen molar-refractivity contribution in [2.45, 2.75) is 25.4 Å². The van der Waals surface area contributed by atoms with Crippen molar-refractivity contribution < 1.29 is 19.4 Å². The van der Waals surface area contributed by atoms with Crippen molar-refractivity contribution in [1.82, 2.24) is 0 Å². The molecule has 5 nitrogen and oxygen atoms in total. The Hall–Kier alpha value is -2.04. The van der Waals surface area contributed by atoms with Crippen LogP contribution in [-0.4, -0.2) is 29.8 Å². The number of para-hydroxylation sites is 1. The highest BCUT2D eigenvalue weighted by Gasteiger charge is 2.30. The summed E-state index contributed by atoms with van der Waals surface area (Å²) in [5.74, 6) is -0.277. The number of carbonyl (C=O) groups is 2. The number of ether oxygens (including phenoxy) is 1. The molecule has 1 saturated heterocycles. The summed E-state index contributed by atoms with van der Waals surface area (Å²) in [6.07, 6.45) is -0.199. The van der Waals surface area contributed by atoms with Crippen LogP contribution in [0.3, 0.4) is 0 Å². The van der Waals surface area contributed by atoms with E-state index in [-0.39, 0.29) is 5.91 Å². The predicted molar refractivity (Wildman–Crippen MR) is 65.5 cm³/mol. The Bertz CT molecular complexity index is 432. The van der Waals surface area contributed by atoms with Crippen LogP contribution in [0.5, 0.6) is 0 Å². The first-order valence-electron chi connectivity index (χ1n) is 5.94. The molecule has 0 aliphatic carbocycles. The molecule has 1 fully saturated rings. The van der Waals surface area contributed by atoms with Crippen LogP contribution in [0.4, 0.5) is 10.5 Å². The van der Waals surface area contributed by atoms with Crippen molar-refractivity contribution in [2.24, 2.45) is 0 Å². The van der Waals surface area contributed by atoms with Crippen LogP contribution >= 0.6 is 0 Å². The van der Waals surface area contributed by atoms with Crippen LogP contribution in [0, 0.1) is 0 Å². The number of carbonyl (C=O) groups excluding carboxylic acids is 1. The van der Waals surface area contributed by atoms with Crippen molar-refractivity contribution >= 4 is 17.7 Å². The summed E-state index contributed by atoms with van der Waals surface area (Å²) < 4.78 is 4.66. The zero-order chi connectivity index (χ0) is 13.0. The van der Waals surface area contributed by atoms with E-state index in [0.717, 1.165) is 18.5 Å². The van der Waals surface area contributed by atoms with E-state index >= 15 is 0 Å². The lowest BCUT2D eigenvalue weighted by atomic mass is 10.2. The van der Waals surface area contributed by atoms with Crippen molar-refractivity contribution in [2.75, 3.05) is 11.4 Å². The Kier molecular flexibility index (Phi) is 3.82. The molecule has 5 heteroatoms. The monoisotopic (exact) mass is 249 g/mol. The summed E-state index contributed by atoms with van der Waals surface area (Å²) in [5, 5.41) is 8.64. The molecule has 1 N–H and O–H groups in total. The molecule has 0 aromatic heterocycles. The first-order valence-corrected chi connectivity index (χ1v) is 5.94. The van der Waals surface area contributed by atoms with Gasteiger partial charge in [0.05, 0.1) is 0 Å². The number of anilines is 1. The molecule has 18 heavy (non-hydrogen) atoms. The van der Waals surface area contributed by atoms with E-state index in [9.17, 15) is 9.59 Å². The Morgan fingerprint density at radius 3 is 2.67 bits per heavy atom. The van der Waals surface area contributed by atoms with Gasteiger partial charge in [0, 0.05) is 12.2 Å². The Balaban J connectivity index is 2.19. The number of amides is 1. The van der Waals surface area contributed by atoms with Gasteiger partial charge in [-0.1, -0.05) is 18.2 Å². The van der Waals surface area contributed by atoms with Crippen LogP contribution in [-0.2, 0) is 9.53 Å². The molecule has 2 rings (SSSR count). The van der Waals surface area contributed by atoms with E-state index in [0.29, 0.717) is 13.0 Å². The van der Waals surface area contributed by atoms with Crippen molar-refractivity contribution in [3.8, 4) is 0 Å². The average Bonchev–Trinajstić information content (AvgIpc) is 2.53. The minimum Gasteiger partial charge on any atom is -0.450 e. The number of nitrogens with zero attached hydrogens (tertiary/aromatic N) is 1. The molecule has 1 aromatic carbocycles. The summed E-state index contributed by atoms with van der Waals surface area (Å²) in [6.45, 7) is 0.600. The lowest BCUT2D eigenvalue weighted by molar-refractivity contribution is -0.127. The van der Waals surface area contributed by atoms with E-state index in [4.69, 9.17) is 5.11 Å². The molecule has 1 aliphatic rings. The molecule has 96 valence electrons. The highest BCUT2D eigenvalue weighted by molar-refractivity contribution is 5.97. The van der Waals surface area contributed by atoms with Gasteiger partial charge in [-0.05, 0) is 31.4 Å². The highest BCUT2D eigenvalue weighted by atomic mass is 16.7. The van der Waals surface area contributed by atoms with E-state index in [1.165, 1.54) is 0 Å². The topological polar surface area (TPSA) is 66.8 Å². The summed E-state index contributed by atoms with van der Waals surface area (Å²) in [4.78, 5) is 24.4. The molecule has 0 spiro atoms. The SMILES string of the molecule is O=C(O)OC1CCCCN(c2ccccc2)C1=O. The van der Waals surface area contributed by atoms with Gasteiger partial charge in [0.25, 0.3) is 5.91 Å². The second-order valence-corrected chi connectivity index (χ2v) is 4.19. The maximum absolute atomic E-state index is 12.2. The van der Waals surface area contributed by atoms with E-state index < -0.39 is 12.3 Å². The van der Waals surface area contributed by atoms with Gasteiger partial charge >= 0.3 is 6.16 Å². The molecule has 0 bridgehead atoms. The lowest BCUT2D eigenvalue weighted by Gasteiger charge is -2.23. The standard InChI is InChI=1S/C13H15NO4/c15-12-11(18-13(16)17)8-4-5-9-14(12)10-6-2-1-3-7-10/h1-3,6-7,11H,4-5,8-9H2,(H,16,17). The fourth-order valence-corrected chi connectivity index (χ4v) is 2.10. The van der Waals surface area contributed by atoms with Crippen molar-refractivity contribution in [1.29, 1.82) is 0 Å². The molecule has 1 heterocycles. The van der Waals surface area contributed by atoms with Gasteiger partial charge in [-0.15, -0.1) is 0 Å². The number of hydrogen-bond acceptors (Lipinski definition) is 3. The summed E-state index contributed by atoms with van der Waals surface area (Å²) >= 11 is 0. The minimum atomic E-state index is -1.40. The number of hydrogen-bond donors (Lipinski definition) is 1. The lowest BCUT2D eigenvalue weighted by Crippen LogP contribution is -2.40. The maximum Gasteiger partial charge on any atom is 0.506 e. The van der Waals surface area contributed by atoms with Crippen LogP contribution in [0.1, 0.15) is 19.3 Å². The fourth-order valence-electron chi connectivity index (χ4n) is 2.10. The summed E-state index contributed by atoms with van der Waals surface area (Å²) in [5.41, 5.74) is 0.781. The van der Waals surface area contributed by atoms with Gasteiger partial charge < -0.3 is 14.7 Å². The molecule has 1 amide bonds. The first-order chi connectivity index (χ1) is 8.68. The number of benzene rings is 1. The fraction of sp³-hybridized carbons (Fsp3) is 0.385. The van der Waals surface area contributed by atoms with Gasteiger partial charge in [0.15, 0.2) is 6.10 Å². The Morgan fingerprint density at radius 1 is 1.28 bits per heavy atom. The van der Waals surface area contributed by atoms with Crippen molar-refractivity contribution in [3.63, 3.8) is 0 Å². The van der Waals surface area contributed by atoms with Crippen LogP contribution in [0.2, 0.25) is 0 Å². The van der Waals surface area contributed by atoms with Crippen LogP contribution < -0.4 is 4.90 Å². The van der Waals surface area contributed by atoms with Crippen LogP contribution in [0.15, 0.2) is 30.3 Å². The van der Waals surface area contributed by atoms with Gasteiger partial charge in [0.2, 0.25) is 0 Å². The Labute approximate surface area is 105 Å². The predicted octanol–water partition coefficient (Wildman–Crippen LogP) is 2.27. The molecular formula is C13H15NO4. The molecule has 1 aliphatic heterocycles. The second-order valence-electron chi connectivity index (χ2n) is 4.19. The number of rotatable bonds is 2. The Morgan fingerprint density at radius 2 is 2.00 bits per heavy atom. The maximum atomic E-state index is 12.2. The third-order valence-electron chi connectivity index (χ3n) is 2.95. The van der Waals surface area contributed by atoms with Gasteiger partial charge in [-0.3, -0.25) is 4.79 Å². The van der Waals surface area contributed by atoms with E-state index in [1.54, 1.807) is 4.90 Å². The van der Waals surface area contributed by atoms with E-state index in [1.807, 2.05) is 30.3 Å². The third kappa shape index (κ3) is 2.80. The van der Waals surface area contributed by atoms with Gasteiger partial charge in [-0.2, -0.15) is 0 Å². The average molecular weight is 249 g/mol. The molecule has 0 radical (unpaired) electrons. The smallest absolute Gasteiger partial charge is 0.450 e. The minimum absolute atomic E-state index is 0.277. The normalized spacial score (nSPS) is 20.3. The first kappa shape index (κ1) is 12.4. The molecule has 1 atom stereocenters. The molecular weight excluding hydrogens is 234 g/mol. The summed E-state index contributed by atoms with van der Waals surface area (Å²) in [6, 6.07) is 9.24.